The van der Waals surface area contributed by atoms with E-state index < -0.39 is 0 Å². The number of carbonyl (C=O) groups excluding carboxylic acids is 1. The molecule has 1 aliphatic heterocycles. The van der Waals surface area contributed by atoms with Crippen molar-refractivity contribution >= 4 is 18.0 Å². The number of hydrogen-bond donors (Lipinski definition) is 0. The smallest absolute Gasteiger partial charge is 0.210 e. The second-order valence-electron chi connectivity index (χ2n) is 3.86. The number of hydrogen-bond acceptors (Lipinski definition) is 2. The van der Waals surface area contributed by atoms with Gasteiger partial charge >= 0.3 is 0 Å². The van der Waals surface area contributed by atoms with Crippen molar-refractivity contribution in [1.29, 1.82) is 0 Å². The van der Waals surface area contributed by atoms with Crippen molar-refractivity contribution in [3.8, 4) is 0 Å². The molecule has 4 heteroatoms. The second kappa shape index (κ2) is 4.19. The van der Waals surface area contributed by atoms with E-state index in [0.717, 1.165) is 36.9 Å². The number of amides is 1. The fourth-order valence-electron chi connectivity index (χ4n) is 2.13. The number of aromatic nitrogens is 1. The summed E-state index contributed by atoms with van der Waals surface area (Å²) < 4.78 is 0. The topological polar surface area (TPSA) is 33.2 Å². The minimum absolute atomic E-state index is 0.187. The maximum atomic E-state index is 10.8. The van der Waals surface area contributed by atoms with E-state index in [1.165, 1.54) is 0 Å². The van der Waals surface area contributed by atoms with Crippen molar-refractivity contribution < 1.29 is 4.79 Å². The summed E-state index contributed by atoms with van der Waals surface area (Å²) in [7, 11) is 0. The molecule has 0 N–H and O–H groups in total. The van der Waals surface area contributed by atoms with Crippen molar-refractivity contribution in [3.05, 3.63) is 28.5 Å². The third kappa shape index (κ3) is 1.97. The second-order valence-corrected chi connectivity index (χ2v) is 4.25. The van der Waals surface area contributed by atoms with E-state index in [-0.39, 0.29) is 6.04 Å². The van der Waals surface area contributed by atoms with Crippen LogP contribution in [0.4, 0.5) is 0 Å². The predicted molar refractivity (Wildman–Crippen MR) is 58.7 cm³/mol. The van der Waals surface area contributed by atoms with Gasteiger partial charge in [-0.05, 0) is 37.0 Å². The minimum Gasteiger partial charge on any atom is -0.338 e. The van der Waals surface area contributed by atoms with Gasteiger partial charge in [0.15, 0.2) is 0 Å². The molecule has 1 aromatic heterocycles. The molecular formula is C11H13ClN2O. The van der Waals surface area contributed by atoms with Crippen molar-refractivity contribution in [2.45, 2.75) is 25.8 Å². The Bertz CT molecular complexity index is 381. The molecule has 0 unspecified atom stereocenters. The van der Waals surface area contributed by atoms with Gasteiger partial charge in [0.05, 0.1) is 6.04 Å². The first-order chi connectivity index (χ1) is 7.22. The van der Waals surface area contributed by atoms with Gasteiger partial charge in [-0.15, -0.1) is 0 Å². The minimum atomic E-state index is 0.187. The van der Waals surface area contributed by atoms with E-state index in [1.54, 1.807) is 6.20 Å². The molecule has 1 atom stereocenters. The summed E-state index contributed by atoms with van der Waals surface area (Å²) in [5.74, 6) is 0. The number of nitrogens with zero attached hydrogens (tertiary/aromatic N) is 2. The van der Waals surface area contributed by atoms with Crippen LogP contribution in [-0.4, -0.2) is 22.8 Å². The number of pyridine rings is 1. The Morgan fingerprint density at radius 2 is 2.47 bits per heavy atom. The van der Waals surface area contributed by atoms with Gasteiger partial charge in [0.1, 0.15) is 5.15 Å². The average molecular weight is 225 g/mol. The Kier molecular flexibility index (Phi) is 2.91. The first-order valence-corrected chi connectivity index (χ1v) is 5.43. The van der Waals surface area contributed by atoms with Crippen LogP contribution in [0.5, 0.6) is 0 Å². The molecule has 0 spiro atoms. The summed E-state index contributed by atoms with van der Waals surface area (Å²) in [6.45, 7) is 2.85. The Labute approximate surface area is 94.1 Å². The van der Waals surface area contributed by atoms with Gasteiger partial charge in [0.2, 0.25) is 6.41 Å². The van der Waals surface area contributed by atoms with E-state index in [1.807, 2.05) is 17.9 Å². The summed E-state index contributed by atoms with van der Waals surface area (Å²) in [5, 5.41) is 0.506. The average Bonchev–Trinajstić information content (AvgIpc) is 2.65. The number of aryl methyl sites for hydroxylation is 1. The lowest BCUT2D eigenvalue weighted by Crippen LogP contribution is -2.21. The van der Waals surface area contributed by atoms with E-state index >= 15 is 0 Å². The maximum absolute atomic E-state index is 10.8. The first kappa shape index (κ1) is 10.4. The van der Waals surface area contributed by atoms with Gasteiger partial charge in [0.25, 0.3) is 0 Å². The van der Waals surface area contributed by atoms with Crippen LogP contribution in [0.2, 0.25) is 5.15 Å². The molecule has 0 radical (unpaired) electrons. The zero-order valence-electron chi connectivity index (χ0n) is 8.61. The Hall–Kier alpha value is -1.09. The number of likely N-dealkylation sites (tertiary alicyclic amines) is 1. The molecule has 2 heterocycles. The predicted octanol–water partition coefficient (Wildman–Crippen LogP) is 2.34. The monoisotopic (exact) mass is 224 g/mol. The van der Waals surface area contributed by atoms with Gasteiger partial charge in [-0.1, -0.05) is 11.6 Å². The zero-order valence-corrected chi connectivity index (χ0v) is 9.37. The van der Waals surface area contributed by atoms with Crippen LogP contribution in [0.3, 0.4) is 0 Å². The lowest BCUT2D eigenvalue weighted by atomic mass is 10.0. The van der Waals surface area contributed by atoms with Gasteiger partial charge in [-0.25, -0.2) is 4.98 Å². The quantitative estimate of drug-likeness (QED) is 0.571. The molecule has 1 aliphatic rings. The van der Waals surface area contributed by atoms with E-state index in [9.17, 15) is 4.79 Å². The molecule has 1 fully saturated rings. The molecule has 1 saturated heterocycles. The van der Waals surface area contributed by atoms with E-state index in [0.29, 0.717) is 5.15 Å². The molecule has 0 saturated carbocycles. The van der Waals surface area contributed by atoms with Crippen LogP contribution in [0.1, 0.15) is 30.0 Å². The summed E-state index contributed by atoms with van der Waals surface area (Å²) in [4.78, 5) is 16.8. The summed E-state index contributed by atoms with van der Waals surface area (Å²) >= 11 is 5.80. The summed E-state index contributed by atoms with van der Waals surface area (Å²) in [5.41, 5.74) is 2.22. The van der Waals surface area contributed by atoms with Crippen LogP contribution >= 0.6 is 11.6 Å². The van der Waals surface area contributed by atoms with E-state index in [4.69, 9.17) is 11.6 Å². The number of carbonyl (C=O) groups is 1. The Morgan fingerprint density at radius 3 is 3.13 bits per heavy atom. The highest BCUT2D eigenvalue weighted by Gasteiger charge is 2.25. The molecule has 1 amide bonds. The molecule has 0 bridgehead atoms. The molecule has 3 nitrogen and oxygen atoms in total. The Morgan fingerprint density at radius 1 is 1.67 bits per heavy atom. The van der Waals surface area contributed by atoms with Crippen LogP contribution in [0.25, 0.3) is 0 Å². The summed E-state index contributed by atoms with van der Waals surface area (Å²) in [6, 6.07) is 2.03. The molecule has 0 aromatic carbocycles. The van der Waals surface area contributed by atoms with Crippen molar-refractivity contribution in [3.63, 3.8) is 0 Å². The Balaban J connectivity index is 2.32. The summed E-state index contributed by atoms with van der Waals surface area (Å²) in [6.07, 6.45) is 4.78. The van der Waals surface area contributed by atoms with Crippen molar-refractivity contribution in [2.24, 2.45) is 0 Å². The molecule has 0 aliphatic carbocycles. The van der Waals surface area contributed by atoms with Crippen LogP contribution in [0.15, 0.2) is 12.3 Å². The SMILES string of the molecule is Cc1cc(Cl)ncc1[C@H]1CCCN1C=O. The molecule has 80 valence electrons. The van der Waals surface area contributed by atoms with Crippen molar-refractivity contribution in [2.75, 3.05) is 6.54 Å². The van der Waals surface area contributed by atoms with Gasteiger partial charge in [-0.2, -0.15) is 0 Å². The fourth-order valence-corrected chi connectivity index (χ4v) is 2.34. The molecule has 2 rings (SSSR count). The van der Waals surface area contributed by atoms with Crippen LogP contribution in [0, 0.1) is 6.92 Å². The zero-order chi connectivity index (χ0) is 10.8. The highest BCUT2D eigenvalue weighted by atomic mass is 35.5. The lowest BCUT2D eigenvalue weighted by molar-refractivity contribution is -0.118. The molecular weight excluding hydrogens is 212 g/mol. The normalized spacial score (nSPS) is 20.7. The molecule has 15 heavy (non-hydrogen) atoms. The highest BCUT2D eigenvalue weighted by molar-refractivity contribution is 6.29. The van der Waals surface area contributed by atoms with Gasteiger partial charge in [0, 0.05) is 12.7 Å². The first-order valence-electron chi connectivity index (χ1n) is 5.05. The van der Waals surface area contributed by atoms with Crippen molar-refractivity contribution in [1.82, 2.24) is 9.88 Å². The third-order valence-electron chi connectivity index (χ3n) is 2.91. The maximum Gasteiger partial charge on any atom is 0.210 e. The lowest BCUT2D eigenvalue weighted by Gasteiger charge is -2.21. The van der Waals surface area contributed by atoms with Gasteiger partial charge in [-0.3, -0.25) is 4.79 Å². The third-order valence-corrected chi connectivity index (χ3v) is 3.11. The van der Waals surface area contributed by atoms with Crippen LogP contribution < -0.4 is 0 Å². The number of rotatable bonds is 2. The standard InChI is InChI=1S/C11H13ClN2O/c1-8-5-11(12)13-6-9(8)10-3-2-4-14(10)7-15/h5-7,10H,2-4H2,1H3/t10-/m1/s1. The van der Waals surface area contributed by atoms with E-state index in [2.05, 4.69) is 4.98 Å². The number of halogens is 1. The van der Waals surface area contributed by atoms with Crippen LogP contribution in [-0.2, 0) is 4.79 Å². The van der Waals surface area contributed by atoms with Gasteiger partial charge < -0.3 is 4.90 Å². The largest absolute Gasteiger partial charge is 0.338 e. The molecule has 1 aromatic rings. The fraction of sp³-hybridized carbons (Fsp3) is 0.455. The highest BCUT2D eigenvalue weighted by Crippen LogP contribution is 2.32.